The quantitative estimate of drug-likeness (QED) is 0.861. The van der Waals surface area contributed by atoms with Crippen molar-refractivity contribution in [2.75, 3.05) is 32.5 Å². The Morgan fingerprint density at radius 1 is 1.09 bits per heavy atom. The fourth-order valence-electron chi connectivity index (χ4n) is 2.11. The molecular formula is C18H24N4O. The van der Waals surface area contributed by atoms with Crippen LogP contribution in [0, 0.1) is 13.8 Å². The van der Waals surface area contributed by atoms with E-state index in [-0.39, 0.29) is 5.91 Å². The molecule has 0 atom stereocenters. The van der Waals surface area contributed by atoms with Crippen molar-refractivity contribution in [3.63, 3.8) is 0 Å². The van der Waals surface area contributed by atoms with Gasteiger partial charge in [-0.3, -0.25) is 9.78 Å². The van der Waals surface area contributed by atoms with Crippen LogP contribution in [0.5, 0.6) is 0 Å². The Morgan fingerprint density at radius 3 is 2.57 bits per heavy atom. The Bertz CT molecular complexity index is 682. The Balaban J connectivity index is 2.04. The van der Waals surface area contributed by atoms with Gasteiger partial charge in [-0.1, -0.05) is 6.07 Å². The van der Waals surface area contributed by atoms with Crippen molar-refractivity contribution in [1.29, 1.82) is 0 Å². The minimum Gasteiger partial charge on any atom is -0.354 e. The van der Waals surface area contributed by atoms with Crippen LogP contribution in [-0.2, 0) is 0 Å². The van der Waals surface area contributed by atoms with Gasteiger partial charge in [0.05, 0.1) is 17.4 Å². The maximum atomic E-state index is 12.1. The second-order valence-electron chi connectivity index (χ2n) is 5.95. The number of rotatable bonds is 6. The molecular weight excluding hydrogens is 288 g/mol. The number of aromatic nitrogens is 1. The summed E-state index contributed by atoms with van der Waals surface area (Å²) < 4.78 is 0. The summed E-state index contributed by atoms with van der Waals surface area (Å²) in [5, 5.41) is 6.18. The predicted octanol–water partition coefficient (Wildman–Crippen LogP) is 2.73. The molecule has 2 aromatic rings. The molecule has 23 heavy (non-hydrogen) atoms. The minimum atomic E-state index is -0.108. The predicted molar refractivity (Wildman–Crippen MR) is 94.3 cm³/mol. The number of pyridine rings is 1. The summed E-state index contributed by atoms with van der Waals surface area (Å²) in [5.41, 5.74) is 4.81. The van der Waals surface area contributed by atoms with Gasteiger partial charge in [-0.15, -0.1) is 0 Å². The summed E-state index contributed by atoms with van der Waals surface area (Å²) in [6.07, 6.45) is 3.29. The molecule has 0 fully saturated rings. The molecule has 0 saturated heterocycles. The average Bonchev–Trinajstić information content (AvgIpc) is 2.51. The smallest absolute Gasteiger partial charge is 0.252 e. The van der Waals surface area contributed by atoms with Crippen LogP contribution >= 0.6 is 0 Å². The average molecular weight is 312 g/mol. The molecule has 0 saturated carbocycles. The number of aryl methyl sites for hydroxylation is 2. The van der Waals surface area contributed by atoms with Crippen LogP contribution in [-0.4, -0.2) is 43.0 Å². The van der Waals surface area contributed by atoms with Gasteiger partial charge in [0.15, 0.2) is 0 Å². The third-order valence-electron chi connectivity index (χ3n) is 3.64. The first-order valence-electron chi connectivity index (χ1n) is 7.68. The van der Waals surface area contributed by atoms with Crippen LogP contribution in [0.25, 0.3) is 0 Å². The van der Waals surface area contributed by atoms with E-state index in [1.165, 1.54) is 11.1 Å². The lowest BCUT2D eigenvalue weighted by molar-refractivity contribution is 0.0950. The summed E-state index contributed by atoms with van der Waals surface area (Å²) in [4.78, 5) is 18.3. The second kappa shape index (κ2) is 7.74. The zero-order chi connectivity index (χ0) is 16.8. The van der Waals surface area contributed by atoms with Crippen molar-refractivity contribution in [2.45, 2.75) is 13.8 Å². The van der Waals surface area contributed by atoms with Crippen LogP contribution < -0.4 is 10.6 Å². The molecule has 0 aliphatic carbocycles. The molecule has 0 spiro atoms. The standard InChI is InChI=1S/C18H24N4O/c1-13-5-6-16(9-14(13)2)21-17-10-15(11-19-12-17)18(23)20-7-8-22(3)4/h5-6,9-12,21H,7-8H2,1-4H3,(H,20,23). The Labute approximate surface area is 137 Å². The maximum absolute atomic E-state index is 12.1. The number of nitrogens with zero attached hydrogens (tertiary/aromatic N) is 2. The van der Waals surface area contributed by atoms with Crippen molar-refractivity contribution < 1.29 is 4.79 Å². The fourth-order valence-corrected chi connectivity index (χ4v) is 2.11. The molecule has 1 aromatic carbocycles. The van der Waals surface area contributed by atoms with Crippen molar-refractivity contribution in [2.24, 2.45) is 0 Å². The largest absolute Gasteiger partial charge is 0.354 e. The highest BCUT2D eigenvalue weighted by Gasteiger charge is 2.07. The van der Waals surface area contributed by atoms with Crippen LogP contribution in [0.2, 0.25) is 0 Å². The molecule has 0 aliphatic rings. The molecule has 2 N–H and O–H groups in total. The Kier molecular flexibility index (Phi) is 5.71. The van der Waals surface area contributed by atoms with E-state index in [4.69, 9.17) is 0 Å². The van der Waals surface area contributed by atoms with E-state index < -0.39 is 0 Å². The molecule has 0 radical (unpaired) electrons. The number of anilines is 2. The summed E-state index contributed by atoms with van der Waals surface area (Å²) in [7, 11) is 3.95. The highest BCUT2D eigenvalue weighted by atomic mass is 16.1. The van der Waals surface area contributed by atoms with Crippen molar-refractivity contribution in [3.8, 4) is 0 Å². The van der Waals surface area contributed by atoms with Gasteiger partial charge in [0.2, 0.25) is 0 Å². The molecule has 1 heterocycles. The van der Waals surface area contributed by atoms with Crippen molar-refractivity contribution in [1.82, 2.24) is 15.2 Å². The number of carbonyl (C=O) groups is 1. The lowest BCUT2D eigenvalue weighted by Gasteiger charge is -2.11. The third kappa shape index (κ3) is 5.07. The monoisotopic (exact) mass is 312 g/mol. The van der Waals surface area contributed by atoms with Gasteiger partial charge in [0.25, 0.3) is 5.91 Å². The zero-order valence-corrected chi connectivity index (χ0v) is 14.2. The van der Waals surface area contributed by atoms with E-state index in [9.17, 15) is 4.79 Å². The summed E-state index contributed by atoms with van der Waals surface area (Å²) in [5.74, 6) is -0.108. The fraction of sp³-hybridized carbons (Fsp3) is 0.333. The van der Waals surface area contributed by atoms with Gasteiger partial charge in [-0.25, -0.2) is 0 Å². The topological polar surface area (TPSA) is 57.3 Å². The van der Waals surface area contributed by atoms with Gasteiger partial charge in [0.1, 0.15) is 0 Å². The normalized spacial score (nSPS) is 10.7. The summed E-state index contributed by atoms with van der Waals surface area (Å²) in [6, 6.07) is 7.99. The highest BCUT2D eigenvalue weighted by molar-refractivity contribution is 5.94. The van der Waals surface area contributed by atoms with Gasteiger partial charge in [0, 0.05) is 25.0 Å². The molecule has 2 rings (SSSR count). The lowest BCUT2D eigenvalue weighted by Crippen LogP contribution is -2.31. The van der Waals surface area contributed by atoms with Gasteiger partial charge in [-0.2, -0.15) is 0 Å². The molecule has 122 valence electrons. The second-order valence-corrected chi connectivity index (χ2v) is 5.95. The number of nitrogens with one attached hydrogen (secondary N) is 2. The van der Waals surface area contributed by atoms with Crippen LogP contribution in [0.15, 0.2) is 36.7 Å². The van der Waals surface area contributed by atoms with Crippen LogP contribution in [0.4, 0.5) is 11.4 Å². The van der Waals surface area contributed by atoms with E-state index in [1.807, 2.05) is 31.1 Å². The van der Waals surface area contributed by atoms with Crippen molar-refractivity contribution in [3.05, 3.63) is 53.3 Å². The molecule has 0 bridgehead atoms. The number of benzene rings is 1. The third-order valence-corrected chi connectivity index (χ3v) is 3.64. The van der Waals surface area contributed by atoms with Crippen LogP contribution in [0.3, 0.4) is 0 Å². The SMILES string of the molecule is Cc1ccc(Nc2cncc(C(=O)NCCN(C)C)c2)cc1C. The Morgan fingerprint density at radius 2 is 1.87 bits per heavy atom. The summed E-state index contributed by atoms with van der Waals surface area (Å²) in [6.45, 7) is 5.58. The van der Waals surface area contributed by atoms with E-state index in [0.29, 0.717) is 12.1 Å². The number of hydrogen-bond donors (Lipinski definition) is 2. The van der Waals surface area contributed by atoms with E-state index >= 15 is 0 Å². The zero-order valence-electron chi connectivity index (χ0n) is 14.2. The van der Waals surface area contributed by atoms with Gasteiger partial charge in [-0.05, 0) is 57.3 Å². The summed E-state index contributed by atoms with van der Waals surface area (Å²) >= 11 is 0. The number of hydrogen-bond acceptors (Lipinski definition) is 4. The number of likely N-dealkylation sites (N-methyl/N-ethyl adjacent to an activating group) is 1. The minimum absolute atomic E-state index is 0.108. The van der Waals surface area contributed by atoms with Gasteiger partial charge >= 0.3 is 0 Å². The maximum Gasteiger partial charge on any atom is 0.252 e. The van der Waals surface area contributed by atoms with Gasteiger partial charge < -0.3 is 15.5 Å². The van der Waals surface area contributed by atoms with E-state index in [0.717, 1.165) is 17.9 Å². The molecule has 0 unspecified atom stereocenters. The van der Waals surface area contributed by atoms with Crippen LogP contribution in [0.1, 0.15) is 21.5 Å². The highest BCUT2D eigenvalue weighted by Crippen LogP contribution is 2.19. The molecule has 5 heteroatoms. The number of amides is 1. The molecule has 5 nitrogen and oxygen atoms in total. The molecule has 1 amide bonds. The van der Waals surface area contributed by atoms with E-state index in [1.54, 1.807) is 12.4 Å². The number of carbonyl (C=O) groups excluding carboxylic acids is 1. The van der Waals surface area contributed by atoms with E-state index in [2.05, 4.69) is 41.6 Å². The first-order chi connectivity index (χ1) is 11.0. The van der Waals surface area contributed by atoms with Crippen molar-refractivity contribution >= 4 is 17.3 Å². The molecule has 0 aliphatic heterocycles. The first-order valence-corrected chi connectivity index (χ1v) is 7.68. The molecule has 1 aromatic heterocycles. The lowest BCUT2D eigenvalue weighted by atomic mass is 10.1. The Hall–Kier alpha value is -2.40. The first kappa shape index (κ1) is 17.0.